The summed E-state index contributed by atoms with van der Waals surface area (Å²) in [4.78, 5) is 15.3. The van der Waals surface area contributed by atoms with Gasteiger partial charge in [0, 0.05) is 12.8 Å². The van der Waals surface area contributed by atoms with Crippen molar-refractivity contribution >= 4 is 23.6 Å². The molecule has 0 aliphatic carbocycles. The Bertz CT molecular complexity index is 244. The molecular weight excluding hydrogens is 238 g/mol. The van der Waals surface area contributed by atoms with Crippen LogP contribution in [-0.4, -0.2) is 37.1 Å². The minimum atomic E-state index is -0.408. The number of hydrogen-bond acceptors (Lipinski definition) is 3. The lowest BCUT2D eigenvalue weighted by Crippen LogP contribution is -2.21. The molecular formula is C13H24ClNO2. The molecule has 0 rings (SSSR count). The van der Waals surface area contributed by atoms with Crippen LogP contribution in [0.1, 0.15) is 40.0 Å². The first-order valence-electron chi connectivity index (χ1n) is 6.23. The predicted molar refractivity (Wildman–Crippen MR) is 73.2 cm³/mol. The van der Waals surface area contributed by atoms with Crippen LogP contribution in [0.15, 0.2) is 4.99 Å². The molecule has 2 unspecified atom stereocenters. The van der Waals surface area contributed by atoms with E-state index < -0.39 is 5.38 Å². The first kappa shape index (κ1) is 16.6. The highest BCUT2D eigenvalue weighted by molar-refractivity contribution is 6.27. The molecule has 0 bridgehead atoms. The fourth-order valence-corrected chi connectivity index (χ4v) is 2.13. The van der Waals surface area contributed by atoms with E-state index in [0.29, 0.717) is 18.9 Å². The molecule has 0 saturated heterocycles. The Morgan fingerprint density at radius 1 is 1.47 bits per heavy atom. The van der Waals surface area contributed by atoms with E-state index in [0.717, 1.165) is 24.8 Å². The summed E-state index contributed by atoms with van der Waals surface area (Å²) in [7, 11) is 1.68. The predicted octanol–water partition coefficient (Wildman–Crippen LogP) is 3.09. The van der Waals surface area contributed by atoms with Gasteiger partial charge in [-0.2, -0.15) is 0 Å². The molecule has 0 aliphatic heterocycles. The summed E-state index contributed by atoms with van der Waals surface area (Å²) in [5, 5.41) is -0.408. The lowest BCUT2D eigenvalue weighted by Gasteiger charge is -2.19. The zero-order valence-corrected chi connectivity index (χ0v) is 12.0. The van der Waals surface area contributed by atoms with Crippen molar-refractivity contribution in [3.05, 3.63) is 0 Å². The second kappa shape index (κ2) is 9.60. The van der Waals surface area contributed by atoms with Gasteiger partial charge in [-0.25, -0.2) is 0 Å². The zero-order chi connectivity index (χ0) is 13.3. The number of halogens is 1. The number of carbonyl (C=O) groups is 1. The topological polar surface area (TPSA) is 38.7 Å². The maximum atomic E-state index is 10.6. The van der Waals surface area contributed by atoms with Gasteiger partial charge in [0.25, 0.3) is 0 Å². The standard InChI is InChI=1S/C13H24ClNO2/c1-5-11(7-12(14)8-16)13(6-2)15-10(3)9-17-4/h8,10-12H,5-7,9H2,1-4H3/t10-,11?,12?/m0/s1. The van der Waals surface area contributed by atoms with Gasteiger partial charge in [0.2, 0.25) is 0 Å². The van der Waals surface area contributed by atoms with Crippen LogP contribution >= 0.6 is 11.6 Å². The van der Waals surface area contributed by atoms with Crippen LogP contribution in [0, 0.1) is 5.92 Å². The largest absolute Gasteiger partial charge is 0.382 e. The summed E-state index contributed by atoms with van der Waals surface area (Å²) in [5.74, 6) is 0.298. The number of carbonyl (C=O) groups excluding carboxylic acids is 1. The van der Waals surface area contributed by atoms with E-state index in [1.165, 1.54) is 0 Å². The number of rotatable bonds is 9. The van der Waals surface area contributed by atoms with E-state index in [1.54, 1.807) is 7.11 Å². The molecule has 0 heterocycles. The monoisotopic (exact) mass is 261 g/mol. The Kier molecular flexibility index (Phi) is 9.37. The van der Waals surface area contributed by atoms with Crippen molar-refractivity contribution in [3.8, 4) is 0 Å². The summed E-state index contributed by atoms with van der Waals surface area (Å²) in [6, 6.07) is 0.161. The van der Waals surface area contributed by atoms with Crippen molar-refractivity contribution in [2.45, 2.75) is 51.5 Å². The summed E-state index contributed by atoms with van der Waals surface area (Å²) in [6.07, 6.45) is 3.34. The molecule has 0 aromatic carbocycles. The summed E-state index contributed by atoms with van der Waals surface area (Å²) < 4.78 is 5.08. The van der Waals surface area contributed by atoms with E-state index >= 15 is 0 Å². The molecule has 4 heteroatoms. The van der Waals surface area contributed by atoms with E-state index in [4.69, 9.17) is 16.3 Å². The van der Waals surface area contributed by atoms with Crippen LogP contribution in [0.5, 0.6) is 0 Å². The lowest BCUT2D eigenvalue weighted by molar-refractivity contribution is -0.107. The third-order valence-electron chi connectivity index (χ3n) is 2.78. The van der Waals surface area contributed by atoms with Crippen LogP contribution in [0.2, 0.25) is 0 Å². The third-order valence-corrected chi connectivity index (χ3v) is 3.06. The highest BCUT2D eigenvalue weighted by atomic mass is 35.5. The zero-order valence-electron chi connectivity index (χ0n) is 11.3. The summed E-state index contributed by atoms with van der Waals surface area (Å²) in [6.45, 7) is 6.85. The third kappa shape index (κ3) is 6.79. The Morgan fingerprint density at radius 3 is 2.53 bits per heavy atom. The number of aliphatic imine (C=N–C) groups is 1. The van der Waals surface area contributed by atoms with Gasteiger partial charge >= 0.3 is 0 Å². The molecule has 3 atom stereocenters. The van der Waals surface area contributed by atoms with Gasteiger partial charge in [-0.3, -0.25) is 4.99 Å². The number of aldehydes is 1. The molecule has 0 spiro atoms. The molecule has 0 N–H and O–H groups in total. The Balaban J connectivity index is 4.61. The van der Waals surface area contributed by atoms with Crippen molar-refractivity contribution in [2.24, 2.45) is 10.9 Å². The van der Waals surface area contributed by atoms with Crippen molar-refractivity contribution in [1.82, 2.24) is 0 Å². The van der Waals surface area contributed by atoms with Crippen molar-refractivity contribution in [3.63, 3.8) is 0 Å². The normalized spacial score (nSPS) is 17.6. The highest BCUT2D eigenvalue weighted by Gasteiger charge is 2.17. The lowest BCUT2D eigenvalue weighted by atomic mass is 9.93. The van der Waals surface area contributed by atoms with Crippen LogP contribution in [0.25, 0.3) is 0 Å². The number of alkyl halides is 1. The number of ether oxygens (including phenoxy) is 1. The summed E-state index contributed by atoms with van der Waals surface area (Å²) in [5.41, 5.74) is 1.14. The van der Waals surface area contributed by atoms with Gasteiger partial charge in [-0.15, -0.1) is 11.6 Å². The van der Waals surface area contributed by atoms with Crippen molar-refractivity contribution < 1.29 is 9.53 Å². The van der Waals surface area contributed by atoms with Crippen molar-refractivity contribution in [2.75, 3.05) is 13.7 Å². The first-order chi connectivity index (χ1) is 8.08. The molecule has 17 heavy (non-hydrogen) atoms. The molecule has 0 aromatic rings. The highest BCUT2D eigenvalue weighted by Crippen LogP contribution is 2.18. The Hall–Kier alpha value is -0.410. The van der Waals surface area contributed by atoms with Gasteiger partial charge in [0.05, 0.1) is 18.0 Å². The van der Waals surface area contributed by atoms with Crippen LogP contribution < -0.4 is 0 Å². The fourth-order valence-electron chi connectivity index (χ4n) is 1.91. The molecule has 0 amide bonds. The van der Waals surface area contributed by atoms with E-state index in [2.05, 4.69) is 18.8 Å². The van der Waals surface area contributed by atoms with Gasteiger partial charge in [-0.05, 0) is 32.1 Å². The Labute approximate surface area is 110 Å². The molecule has 0 fully saturated rings. The van der Waals surface area contributed by atoms with Gasteiger partial charge in [0.1, 0.15) is 6.29 Å². The van der Waals surface area contributed by atoms with E-state index in [9.17, 15) is 4.79 Å². The summed E-state index contributed by atoms with van der Waals surface area (Å²) >= 11 is 5.89. The quantitative estimate of drug-likeness (QED) is 0.363. The Morgan fingerprint density at radius 2 is 2.12 bits per heavy atom. The van der Waals surface area contributed by atoms with Gasteiger partial charge in [0.15, 0.2) is 0 Å². The smallest absolute Gasteiger partial charge is 0.137 e. The number of nitrogens with zero attached hydrogens (tertiary/aromatic N) is 1. The van der Waals surface area contributed by atoms with Crippen LogP contribution in [0.3, 0.4) is 0 Å². The molecule has 0 aromatic heterocycles. The van der Waals surface area contributed by atoms with Crippen LogP contribution in [0.4, 0.5) is 0 Å². The SMILES string of the molecule is CCC(=N[C@@H](C)COC)C(CC)CC(Cl)C=O. The second-order valence-electron chi connectivity index (χ2n) is 4.27. The maximum Gasteiger partial charge on any atom is 0.137 e. The van der Waals surface area contributed by atoms with Crippen molar-refractivity contribution in [1.29, 1.82) is 0 Å². The van der Waals surface area contributed by atoms with E-state index in [1.807, 2.05) is 6.92 Å². The molecule has 100 valence electrons. The molecule has 0 saturated carbocycles. The van der Waals surface area contributed by atoms with E-state index in [-0.39, 0.29) is 6.04 Å². The first-order valence-corrected chi connectivity index (χ1v) is 6.67. The molecule has 0 aliphatic rings. The minimum Gasteiger partial charge on any atom is -0.382 e. The molecule has 3 nitrogen and oxygen atoms in total. The fraction of sp³-hybridized carbons (Fsp3) is 0.846. The van der Waals surface area contributed by atoms with Crippen LogP contribution in [-0.2, 0) is 9.53 Å². The van der Waals surface area contributed by atoms with Gasteiger partial charge < -0.3 is 9.53 Å². The minimum absolute atomic E-state index is 0.161. The average Bonchev–Trinajstić information content (AvgIpc) is 2.33. The second-order valence-corrected chi connectivity index (χ2v) is 4.83. The number of methoxy groups -OCH3 is 1. The maximum absolute atomic E-state index is 10.6. The molecule has 0 radical (unpaired) electrons. The average molecular weight is 262 g/mol. The number of hydrogen-bond donors (Lipinski definition) is 0. The van der Waals surface area contributed by atoms with Gasteiger partial charge in [-0.1, -0.05) is 13.8 Å².